The normalized spacial score (nSPS) is 15.8. The largest absolute Gasteiger partial charge is 0.495 e. The number of anilines is 1. The van der Waals surface area contributed by atoms with Gasteiger partial charge < -0.3 is 14.5 Å². The van der Waals surface area contributed by atoms with Gasteiger partial charge in [0.05, 0.1) is 23.3 Å². The van der Waals surface area contributed by atoms with Crippen molar-refractivity contribution >= 4 is 63.2 Å². The number of hydrogen-bond acceptors (Lipinski definition) is 6. The molecule has 0 unspecified atom stereocenters. The fourth-order valence-corrected chi connectivity index (χ4v) is 3.74. The number of nitrogens with one attached hydrogen (secondary N) is 1. The van der Waals surface area contributed by atoms with E-state index in [-0.39, 0.29) is 16.3 Å². The highest BCUT2D eigenvalue weighted by Gasteiger charge is 2.37. The van der Waals surface area contributed by atoms with Gasteiger partial charge in [0.1, 0.15) is 18.1 Å². The number of nitrogens with zero attached hydrogens (tertiary/aromatic N) is 1. The fourth-order valence-electron chi connectivity index (χ4n) is 2.49. The third-order valence-electron chi connectivity index (χ3n) is 3.84. The van der Waals surface area contributed by atoms with Crippen LogP contribution in [-0.2, 0) is 15.8 Å². The molecule has 30 heavy (non-hydrogen) atoms. The Morgan fingerprint density at radius 2 is 2.03 bits per heavy atom. The molecular formula is C18H12F3IN2O5S. The summed E-state index contributed by atoms with van der Waals surface area (Å²) in [5.41, 5.74) is -1.22. The molecule has 1 saturated heterocycles. The molecule has 0 spiro atoms. The predicted molar refractivity (Wildman–Crippen MR) is 111 cm³/mol. The second-order valence-electron chi connectivity index (χ2n) is 5.87. The van der Waals surface area contributed by atoms with Gasteiger partial charge in [0.25, 0.3) is 11.1 Å². The van der Waals surface area contributed by atoms with Crippen molar-refractivity contribution < 1.29 is 36.7 Å². The maximum Gasteiger partial charge on any atom is 0.416 e. The highest BCUT2D eigenvalue weighted by atomic mass is 127. The van der Waals surface area contributed by atoms with Crippen molar-refractivity contribution in [2.45, 2.75) is 6.18 Å². The second-order valence-corrected chi connectivity index (χ2v) is 7.93. The monoisotopic (exact) mass is 552 g/mol. The molecule has 3 amide bonds. The molecule has 158 valence electrons. The third kappa shape index (κ3) is 4.98. The van der Waals surface area contributed by atoms with E-state index in [1.165, 1.54) is 13.2 Å². The smallest absolute Gasteiger partial charge is 0.416 e. The van der Waals surface area contributed by atoms with Crippen molar-refractivity contribution in [2.24, 2.45) is 0 Å². The number of thioether (sulfide) groups is 1. The first kappa shape index (κ1) is 22.2. The number of carbonyl (C=O) groups excluding carboxylic acids is 3. The Kier molecular flexibility index (Phi) is 6.45. The Hall–Kier alpha value is -2.48. The predicted octanol–water partition coefficient (Wildman–Crippen LogP) is 4.59. The van der Waals surface area contributed by atoms with E-state index in [0.29, 0.717) is 32.3 Å². The SMILES string of the molecule is COc1ccc(C(F)(F)F)cc1NC(=O)CN1C(=O)SC(=Cc2ccc(I)o2)C1=O. The molecule has 0 aliphatic carbocycles. The summed E-state index contributed by atoms with van der Waals surface area (Å²) in [6, 6.07) is 5.87. The van der Waals surface area contributed by atoms with E-state index in [9.17, 15) is 27.6 Å². The van der Waals surface area contributed by atoms with E-state index >= 15 is 0 Å². The van der Waals surface area contributed by atoms with Crippen LogP contribution in [0.2, 0.25) is 0 Å². The highest BCUT2D eigenvalue weighted by Crippen LogP contribution is 2.35. The number of methoxy groups -OCH3 is 1. The number of hydrogen-bond donors (Lipinski definition) is 1. The number of carbonyl (C=O) groups is 3. The van der Waals surface area contributed by atoms with Crippen LogP contribution in [0.25, 0.3) is 6.08 Å². The number of benzene rings is 1. The molecule has 0 atom stereocenters. The van der Waals surface area contributed by atoms with Crippen molar-refractivity contribution in [1.29, 1.82) is 0 Å². The lowest BCUT2D eigenvalue weighted by Gasteiger charge is -2.16. The van der Waals surface area contributed by atoms with Gasteiger partial charge in [-0.25, -0.2) is 0 Å². The van der Waals surface area contributed by atoms with Gasteiger partial charge in [0.2, 0.25) is 5.91 Å². The zero-order valence-electron chi connectivity index (χ0n) is 15.1. The second kappa shape index (κ2) is 8.71. The summed E-state index contributed by atoms with van der Waals surface area (Å²) < 4.78 is 49.6. The van der Waals surface area contributed by atoms with Gasteiger partial charge in [0.15, 0.2) is 3.77 Å². The zero-order valence-corrected chi connectivity index (χ0v) is 18.1. The van der Waals surface area contributed by atoms with E-state index in [1.54, 1.807) is 12.1 Å². The summed E-state index contributed by atoms with van der Waals surface area (Å²) in [6.07, 6.45) is -3.24. The molecule has 1 N–H and O–H groups in total. The van der Waals surface area contributed by atoms with Crippen LogP contribution in [0.5, 0.6) is 5.75 Å². The number of rotatable bonds is 5. The molecule has 0 saturated carbocycles. The number of furan rings is 1. The van der Waals surface area contributed by atoms with E-state index < -0.39 is 35.3 Å². The molecule has 1 aromatic carbocycles. The zero-order chi connectivity index (χ0) is 22.1. The van der Waals surface area contributed by atoms with Gasteiger partial charge >= 0.3 is 6.18 Å². The number of alkyl halides is 3. The first-order chi connectivity index (χ1) is 14.1. The van der Waals surface area contributed by atoms with Crippen LogP contribution in [0.1, 0.15) is 11.3 Å². The van der Waals surface area contributed by atoms with E-state index in [0.717, 1.165) is 12.1 Å². The number of halogens is 4. The van der Waals surface area contributed by atoms with Crippen molar-refractivity contribution in [3.63, 3.8) is 0 Å². The van der Waals surface area contributed by atoms with Gasteiger partial charge in [-0.2, -0.15) is 13.2 Å². The van der Waals surface area contributed by atoms with Crippen LogP contribution in [0, 0.1) is 3.77 Å². The summed E-state index contributed by atoms with van der Waals surface area (Å²) in [6.45, 7) is -0.670. The third-order valence-corrected chi connectivity index (χ3v) is 5.33. The summed E-state index contributed by atoms with van der Waals surface area (Å²) in [5, 5.41) is 1.57. The van der Waals surface area contributed by atoms with Crippen LogP contribution in [0.4, 0.5) is 23.7 Å². The molecule has 0 radical (unpaired) electrons. The molecule has 2 aromatic rings. The first-order valence-corrected chi connectivity index (χ1v) is 10.0. The Morgan fingerprint density at radius 3 is 2.63 bits per heavy atom. The lowest BCUT2D eigenvalue weighted by Crippen LogP contribution is -2.36. The average molecular weight is 552 g/mol. The van der Waals surface area contributed by atoms with E-state index in [4.69, 9.17) is 9.15 Å². The number of ether oxygens (including phenoxy) is 1. The maximum absolute atomic E-state index is 12.9. The molecule has 1 aliphatic heterocycles. The minimum Gasteiger partial charge on any atom is -0.495 e. The molecule has 1 aliphatic rings. The summed E-state index contributed by atoms with van der Waals surface area (Å²) in [4.78, 5) is 37.6. The molecule has 0 bridgehead atoms. The van der Waals surface area contributed by atoms with E-state index in [2.05, 4.69) is 5.32 Å². The lowest BCUT2D eigenvalue weighted by atomic mass is 10.1. The minimum atomic E-state index is -4.62. The quantitative estimate of drug-likeness (QED) is 0.432. The Morgan fingerprint density at radius 1 is 1.30 bits per heavy atom. The van der Waals surface area contributed by atoms with Gasteiger partial charge in [-0.05, 0) is 64.7 Å². The van der Waals surface area contributed by atoms with Crippen molar-refractivity contribution in [1.82, 2.24) is 4.90 Å². The number of amides is 3. The number of imide groups is 1. The molecule has 1 fully saturated rings. The van der Waals surface area contributed by atoms with Crippen molar-refractivity contribution in [3.8, 4) is 5.75 Å². The van der Waals surface area contributed by atoms with Crippen LogP contribution in [-0.4, -0.2) is 35.6 Å². The lowest BCUT2D eigenvalue weighted by molar-refractivity contribution is -0.137. The maximum atomic E-state index is 12.9. The molecule has 12 heteroatoms. The van der Waals surface area contributed by atoms with Crippen LogP contribution in [0.15, 0.2) is 39.7 Å². The van der Waals surface area contributed by atoms with Gasteiger partial charge in [-0.3, -0.25) is 19.3 Å². The topological polar surface area (TPSA) is 88.8 Å². The van der Waals surface area contributed by atoms with Gasteiger partial charge in [0, 0.05) is 6.08 Å². The van der Waals surface area contributed by atoms with E-state index in [1.807, 2.05) is 22.6 Å². The van der Waals surface area contributed by atoms with Crippen LogP contribution < -0.4 is 10.1 Å². The molecular weight excluding hydrogens is 540 g/mol. The van der Waals surface area contributed by atoms with Crippen molar-refractivity contribution in [3.05, 3.63) is 50.3 Å². The van der Waals surface area contributed by atoms with Crippen LogP contribution in [0.3, 0.4) is 0 Å². The Balaban J connectivity index is 1.74. The fraction of sp³-hybridized carbons (Fsp3) is 0.167. The molecule has 3 rings (SSSR count). The average Bonchev–Trinajstić information content (AvgIpc) is 3.19. The summed E-state index contributed by atoms with van der Waals surface area (Å²) in [5.74, 6) is -1.20. The minimum absolute atomic E-state index is 0.00203. The summed E-state index contributed by atoms with van der Waals surface area (Å²) >= 11 is 2.57. The molecule has 7 nitrogen and oxygen atoms in total. The van der Waals surface area contributed by atoms with Gasteiger partial charge in [-0.15, -0.1) is 0 Å². The van der Waals surface area contributed by atoms with Gasteiger partial charge in [-0.1, -0.05) is 0 Å². The standard InChI is InChI=1S/C18H12F3IN2O5S/c1-28-12-4-2-9(18(19,20)21)6-11(12)23-15(25)8-24-16(26)13(30-17(24)27)7-10-3-5-14(22)29-10/h2-7H,8H2,1H3,(H,23,25). The molecule has 1 aromatic heterocycles. The highest BCUT2D eigenvalue weighted by molar-refractivity contribution is 14.1. The first-order valence-electron chi connectivity index (χ1n) is 8.14. The Bertz CT molecular complexity index is 1050. The summed E-state index contributed by atoms with van der Waals surface area (Å²) in [7, 11) is 1.23. The Labute approximate surface area is 185 Å². The molecule has 2 heterocycles. The van der Waals surface area contributed by atoms with Crippen molar-refractivity contribution in [2.75, 3.05) is 19.0 Å². The van der Waals surface area contributed by atoms with Crippen LogP contribution >= 0.6 is 34.4 Å².